The molecule has 0 spiro atoms. The number of hydrogen-bond donors (Lipinski definition) is 0. The van der Waals surface area contributed by atoms with Gasteiger partial charge in [0.1, 0.15) is 11.5 Å². The van der Waals surface area contributed by atoms with Crippen LogP contribution in [0.1, 0.15) is 171 Å². The third-order valence-electron chi connectivity index (χ3n) is 11.1. The van der Waals surface area contributed by atoms with Gasteiger partial charge in [0, 0.05) is 27.6 Å². The van der Waals surface area contributed by atoms with Crippen LogP contribution in [-0.2, 0) is 0 Å². The molecule has 2 unspecified atom stereocenters. The number of hydrogen-bond acceptors (Lipinski definition) is 7. The van der Waals surface area contributed by atoms with E-state index < -0.39 is 0 Å². The maximum absolute atomic E-state index is 13.8. The lowest BCUT2D eigenvalue weighted by Gasteiger charge is -2.17. The second-order valence-corrected chi connectivity index (χ2v) is 17.7. The van der Waals surface area contributed by atoms with E-state index in [9.17, 15) is 9.59 Å². The summed E-state index contributed by atoms with van der Waals surface area (Å²) in [6, 6.07) is 4.38. The van der Waals surface area contributed by atoms with E-state index >= 15 is 0 Å². The predicted octanol–water partition coefficient (Wildman–Crippen LogP) is 14.6. The van der Waals surface area contributed by atoms with Gasteiger partial charge in [-0.05, 0) is 61.5 Å². The molecule has 0 saturated carbocycles. The Labute approximate surface area is 325 Å². The van der Waals surface area contributed by atoms with E-state index in [2.05, 4.69) is 52.1 Å². The number of fused-ring (bicyclic) bond motifs is 3. The van der Waals surface area contributed by atoms with Gasteiger partial charge in [0.25, 0.3) is 11.8 Å². The number of unbranched alkanes of at least 4 members (excludes halogenated alkanes) is 7. The number of carbonyl (C=O) groups excluding carboxylic acids is 2. The second-order valence-electron chi connectivity index (χ2n) is 14.9. The van der Waals surface area contributed by atoms with E-state index in [0.29, 0.717) is 30.9 Å². The van der Waals surface area contributed by atoms with Crippen molar-refractivity contribution >= 4 is 66.0 Å². The molecule has 0 bridgehead atoms. The van der Waals surface area contributed by atoms with E-state index in [1.54, 1.807) is 22.7 Å². The van der Waals surface area contributed by atoms with Crippen molar-refractivity contribution in [2.45, 2.75) is 150 Å². The number of ether oxygens (including phenoxy) is 2. The van der Waals surface area contributed by atoms with Gasteiger partial charge in [-0.1, -0.05) is 118 Å². The fourth-order valence-corrected chi connectivity index (χ4v) is 11.0. The number of thiophene rings is 3. The summed E-state index contributed by atoms with van der Waals surface area (Å²) in [5.41, 5.74) is 1.14. The van der Waals surface area contributed by atoms with Crippen molar-refractivity contribution < 1.29 is 19.1 Å². The first-order valence-electron chi connectivity index (χ1n) is 20.7. The zero-order chi connectivity index (χ0) is 36.9. The number of carbonyl (C=O) groups is 2. The van der Waals surface area contributed by atoms with Crippen molar-refractivity contribution in [1.82, 2.24) is 4.90 Å². The van der Waals surface area contributed by atoms with Gasteiger partial charge in [-0.2, -0.15) is 0 Å². The van der Waals surface area contributed by atoms with E-state index in [-0.39, 0.29) is 11.8 Å². The summed E-state index contributed by atoms with van der Waals surface area (Å²) in [5.74, 6) is 3.09. The van der Waals surface area contributed by atoms with Gasteiger partial charge in [0.2, 0.25) is 0 Å². The van der Waals surface area contributed by atoms with Crippen molar-refractivity contribution in [2.75, 3.05) is 19.8 Å². The maximum atomic E-state index is 13.8. The summed E-state index contributed by atoms with van der Waals surface area (Å²) in [6.07, 6.45) is 21.3. The molecule has 1 aliphatic rings. The fourth-order valence-electron chi connectivity index (χ4n) is 7.75. The highest BCUT2D eigenvalue weighted by atomic mass is 32.1. The van der Waals surface area contributed by atoms with E-state index in [0.717, 1.165) is 85.4 Å². The minimum Gasteiger partial charge on any atom is -0.491 e. The Kier molecular flexibility index (Phi) is 16.4. The quantitative estimate of drug-likeness (QED) is 0.0472. The van der Waals surface area contributed by atoms with Gasteiger partial charge in [-0.25, -0.2) is 0 Å². The minimum atomic E-state index is -0.140. The van der Waals surface area contributed by atoms with Gasteiger partial charge in [-0.3, -0.25) is 14.5 Å². The molecule has 3 aromatic heterocycles. The molecule has 286 valence electrons. The summed E-state index contributed by atoms with van der Waals surface area (Å²) < 4.78 is 15.7. The third-order valence-corrected chi connectivity index (χ3v) is 14.3. The SMILES string of the molecule is CCCCCCCCN1C(=O)c2csc(-c3cc4c(OCCCC(CC)CCCC)c5sccc5c(OCCCC(CC)CCCC)c4s3)c2C1=O. The third kappa shape index (κ3) is 9.81. The van der Waals surface area contributed by atoms with Crippen molar-refractivity contribution in [3.63, 3.8) is 0 Å². The van der Waals surface area contributed by atoms with Gasteiger partial charge in [-0.15, -0.1) is 34.0 Å². The van der Waals surface area contributed by atoms with Crippen LogP contribution >= 0.6 is 34.0 Å². The Morgan fingerprint density at radius 1 is 0.654 bits per heavy atom. The van der Waals surface area contributed by atoms with E-state index in [1.807, 2.05) is 5.38 Å². The minimum absolute atomic E-state index is 0.139. The van der Waals surface area contributed by atoms with Gasteiger partial charge < -0.3 is 9.47 Å². The van der Waals surface area contributed by atoms with E-state index in [1.165, 1.54) is 99.7 Å². The molecule has 0 radical (unpaired) electrons. The van der Waals surface area contributed by atoms with Crippen LogP contribution in [0.4, 0.5) is 0 Å². The molecule has 2 atom stereocenters. The number of benzene rings is 1. The topological polar surface area (TPSA) is 55.8 Å². The normalized spacial score (nSPS) is 14.2. The van der Waals surface area contributed by atoms with Crippen LogP contribution in [0.3, 0.4) is 0 Å². The van der Waals surface area contributed by atoms with Crippen LogP contribution in [0.15, 0.2) is 22.9 Å². The molecule has 0 fully saturated rings. The van der Waals surface area contributed by atoms with Crippen LogP contribution in [0, 0.1) is 11.8 Å². The zero-order valence-corrected chi connectivity index (χ0v) is 35.1. The lowest BCUT2D eigenvalue weighted by Crippen LogP contribution is -2.30. The largest absolute Gasteiger partial charge is 0.491 e. The highest BCUT2D eigenvalue weighted by molar-refractivity contribution is 7.26. The van der Waals surface area contributed by atoms with E-state index in [4.69, 9.17) is 9.47 Å². The Hall–Kier alpha value is -2.42. The molecule has 4 heterocycles. The lowest BCUT2D eigenvalue weighted by atomic mass is 9.94. The second kappa shape index (κ2) is 20.9. The summed E-state index contributed by atoms with van der Waals surface area (Å²) in [5, 5.41) is 6.22. The first-order valence-corrected chi connectivity index (χ1v) is 23.2. The molecule has 2 amide bonds. The molecule has 0 saturated heterocycles. The summed E-state index contributed by atoms with van der Waals surface area (Å²) >= 11 is 4.91. The lowest BCUT2D eigenvalue weighted by molar-refractivity contribution is 0.0651. The maximum Gasteiger partial charge on any atom is 0.263 e. The molecule has 5 rings (SSSR count). The predicted molar refractivity (Wildman–Crippen MR) is 225 cm³/mol. The molecule has 4 aromatic rings. The van der Waals surface area contributed by atoms with Gasteiger partial charge in [0.05, 0.1) is 38.6 Å². The average molecular weight is 766 g/mol. The van der Waals surface area contributed by atoms with Crippen LogP contribution in [-0.4, -0.2) is 36.5 Å². The van der Waals surface area contributed by atoms with Gasteiger partial charge >= 0.3 is 0 Å². The first kappa shape index (κ1) is 40.8. The first-order chi connectivity index (χ1) is 25.5. The van der Waals surface area contributed by atoms with Crippen LogP contribution in [0.25, 0.3) is 29.9 Å². The molecule has 0 N–H and O–H groups in total. The Morgan fingerprint density at radius 2 is 1.25 bits per heavy atom. The Bertz CT molecular complexity index is 1640. The number of imide groups is 1. The summed E-state index contributed by atoms with van der Waals surface area (Å²) in [6.45, 7) is 13.2. The zero-order valence-electron chi connectivity index (χ0n) is 32.6. The van der Waals surface area contributed by atoms with Crippen molar-refractivity contribution in [2.24, 2.45) is 11.8 Å². The van der Waals surface area contributed by atoms with Crippen LogP contribution in [0.5, 0.6) is 11.5 Å². The smallest absolute Gasteiger partial charge is 0.263 e. The van der Waals surface area contributed by atoms with Crippen LogP contribution in [0.2, 0.25) is 0 Å². The monoisotopic (exact) mass is 765 g/mol. The Balaban J connectivity index is 1.42. The fraction of sp³-hybridized carbons (Fsp3) is 0.636. The Morgan fingerprint density at radius 3 is 1.88 bits per heavy atom. The molecule has 5 nitrogen and oxygen atoms in total. The van der Waals surface area contributed by atoms with Crippen molar-refractivity contribution in [3.05, 3.63) is 34.0 Å². The number of rotatable bonds is 26. The van der Waals surface area contributed by atoms with Gasteiger partial charge in [0.15, 0.2) is 0 Å². The molecule has 8 heteroatoms. The molecule has 0 aliphatic carbocycles. The molecule has 1 aromatic carbocycles. The van der Waals surface area contributed by atoms with Crippen LogP contribution < -0.4 is 9.47 Å². The highest BCUT2D eigenvalue weighted by Gasteiger charge is 2.39. The standard InChI is InChI=1S/C44H63NO4S3/c1-6-11-14-15-16-17-25-45-43(46)35-30-51-42(37(35)44(45)47)36-29-34-39(49-27-19-23-32(10-5)21-13-8-3)40-33(24-28-50-40)38(41(34)52-36)48-26-18-22-31(9-4)20-12-7-2/h24,28-32H,6-23,25-27H2,1-5H3. The van der Waals surface area contributed by atoms with Crippen molar-refractivity contribution in [3.8, 4) is 21.3 Å². The summed E-state index contributed by atoms with van der Waals surface area (Å²) in [4.78, 5) is 30.7. The van der Waals surface area contributed by atoms with Crippen molar-refractivity contribution in [1.29, 1.82) is 0 Å². The molecular formula is C44H63NO4S3. The molecule has 1 aliphatic heterocycles. The highest BCUT2D eigenvalue weighted by Crippen LogP contribution is 2.52. The summed E-state index contributed by atoms with van der Waals surface area (Å²) in [7, 11) is 0. The molecular weight excluding hydrogens is 703 g/mol. The average Bonchev–Trinajstić information content (AvgIpc) is 3.96. The molecule has 52 heavy (non-hydrogen) atoms. The number of nitrogens with zero attached hydrogens (tertiary/aromatic N) is 1. The number of amides is 2.